The first-order chi connectivity index (χ1) is 8.86. The molecule has 110 valence electrons. The van der Waals surface area contributed by atoms with Gasteiger partial charge in [-0.05, 0) is 32.2 Å². The number of hydrogen-bond donors (Lipinski definition) is 1. The summed E-state index contributed by atoms with van der Waals surface area (Å²) in [5.74, 6) is 0.108. The summed E-state index contributed by atoms with van der Waals surface area (Å²) in [7, 11) is 0. The molecule has 1 rings (SSSR count). The van der Waals surface area contributed by atoms with Gasteiger partial charge in [-0.25, -0.2) is 5.01 Å². The largest absolute Gasteiger partial charge is 0.330 e. The first kappa shape index (κ1) is 16.2. The van der Waals surface area contributed by atoms with Crippen LogP contribution >= 0.6 is 0 Å². The molecule has 0 fully saturated rings. The lowest BCUT2D eigenvalue weighted by Gasteiger charge is -2.23. The number of nitrogens with zero attached hydrogens (tertiary/aromatic N) is 2. The van der Waals surface area contributed by atoms with Crippen LogP contribution < -0.4 is 5.73 Å². The lowest BCUT2D eigenvalue weighted by Crippen LogP contribution is -2.36. The molecule has 4 heteroatoms. The van der Waals surface area contributed by atoms with E-state index in [0.29, 0.717) is 6.54 Å². The molecule has 0 radical (unpaired) electrons. The van der Waals surface area contributed by atoms with Crippen molar-refractivity contribution in [3.05, 3.63) is 0 Å². The molecule has 2 N–H and O–H groups in total. The quantitative estimate of drug-likeness (QED) is 0.804. The van der Waals surface area contributed by atoms with Crippen LogP contribution in [0.5, 0.6) is 0 Å². The van der Waals surface area contributed by atoms with E-state index in [2.05, 4.69) is 39.7 Å². The maximum atomic E-state index is 12.6. The fourth-order valence-corrected chi connectivity index (χ4v) is 2.66. The van der Waals surface area contributed by atoms with E-state index in [0.717, 1.165) is 31.4 Å². The van der Waals surface area contributed by atoms with Crippen LogP contribution in [0.4, 0.5) is 0 Å². The van der Waals surface area contributed by atoms with Crippen LogP contribution in [0.25, 0.3) is 0 Å². The number of hydrazone groups is 1. The summed E-state index contributed by atoms with van der Waals surface area (Å²) in [4.78, 5) is 12.6. The second kappa shape index (κ2) is 6.51. The second-order valence-corrected chi connectivity index (χ2v) is 6.37. The molecule has 0 saturated heterocycles. The van der Waals surface area contributed by atoms with Crippen molar-refractivity contribution >= 4 is 11.6 Å². The molecule has 0 aliphatic carbocycles. The summed E-state index contributed by atoms with van der Waals surface area (Å²) < 4.78 is 0. The van der Waals surface area contributed by atoms with Crippen LogP contribution in [0.3, 0.4) is 0 Å². The Labute approximate surface area is 117 Å². The molecular formula is C15H29N3O. The van der Waals surface area contributed by atoms with Crippen molar-refractivity contribution in [1.82, 2.24) is 5.01 Å². The van der Waals surface area contributed by atoms with Gasteiger partial charge in [0.2, 0.25) is 0 Å². The Bertz CT molecular complexity index is 340. The highest BCUT2D eigenvalue weighted by molar-refractivity contribution is 6.10. The fraction of sp³-hybridized carbons (Fsp3) is 0.867. The summed E-state index contributed by atoms with van der Waals surface area (Å²) in [6, 6.07) is 0.229. The zero-order chi connectivity index (χ0) is 14.6. The molecule has 0 spiro atoms. The monoisotopic (exact) mass is 267 g/mol. The standard InChI is InChI=1S/C15H29N3O/c1-6-11(7-2)18-14(19)12(9-8-10-16)13(17-18)15(3,4)5/h11-12H,6-10,16H2,1-5H3. The predicted molar refractivity (Wildman–Crippen MR) is 79.9 cm³/mol. The molecule has 0 aromatic carbocycles. The van der Waals surface area contributed by atoms with E-state index in [1.165, 1.54) is 0 Å². The lowest BCUT2D eigenvalue weighted by molar-refractivity contribution is -0.134. The molecule has 0 saturated carbocycles. The third kappa shape index (κ3) is 3.56. The topological polar surface area (TPSA) is 58.7 Å². The highest BCUT2D eigenvalue weighted by Crippen LogP contribution is 2.33. The molecule has 0 aromatic heterocycles. The molecular weight excluding hydrogens is 238 g/mol. The van der Waals surface area contributed by atoms with E-state index in [4.69, 9.17) is 5.73 Å². The number of carbonyl (C=O) groups excluding carboxylic acids is 1. The molecule has 1 heterocycles. The van der Waals surface area contributed by atoms with Gasteiger partial charge in [0.15, 0.2) is 0 Å². The van der Waals surface area contributed by atoms with Crippen molar-refractivity contribution in [2.24, 2.45) is 22.2 Å². The normalized spacial score (nSPS) is 20.4. The van der Waals surface area contributed by atoms with Gasteiger partial charge in [0, 0.05) is 5.41 Å². The van der Waals surface area contributed by atoms with Crippen LogP contribution in [0.15, 0.2) is 5.10 Å². The van der Waals surface area contributed by atoms with Crippen molar-refractivity contribution in [2.45, 2.75) is 66.3 Å². The smallest absolute Gasteiger partial charge is 0.251 e. The second-order valence-electron chi connectivity index (χ2n) is 6.37. The molecule has 0 aromatic rings. The van der Waals surface area contributed by atoms with Crippen molar-refractivity contribution < 1.29 is 4.79 Å². The van der Waals surface area contributed by atoms with Gasteiger partial charge < -0.3 is 5.73 Å². The number of rotatable bonds is 6. The summed E-state index contributed by atoms with van der Waals surface area (Å²) in [6.45, 7) is 11.2. The van der Waals surface area contributed by atoms with E-state index in [-0.39, 0.29) is 23.3 Å². The Kier molecular flexibility index (Phi) is 5.53. The van der Waals surface area contributed by atoms with Gasteiger partial charge in [0.1, 0.15) is 0 Å². The molecule has 19 heavy (non-hydrogen) atoms. The van der Waals surface area contributed by atoms with E-state index in [9.17, 15) is 4.79 Å². The molecule has 1 amide bonds. The summed E-state index contributed by atoms with van der Waals surface area (Å²) in [5.41, 5.74) is 6.55. The Hall–Kier alpha value is -0.900. The van der Waals surface area contributed by atoms with Crippen LogP contribution in [-0.2, 0) is 4.79 Å². The first-order valence-electron chi connectivity index (χ1n) is 7.48. The Morgan fingerprint density at radius 2 is 1.89 bits per heavy atom. The molecule has 1 atom stereocenters. The summed E-state index contributed by atoms with van der Waals surface area (Å²) >= 11 is 0. The van der Waals surface area contributed by atoms with Crippen LogP contribution in [0, 0.1) is 11.3 Å². The third-order valence-electron chi connectivity index (χ3n) is 3.82. The van der Waals surface area contributed by atoms with E-state index in [1.54, 1.807) is 5.01 Å². The average Bonchev–Trinajstić information content (AvgIpc) is 2.66. The number of hydrogen-bond acceptors (Lipinski definition) is 3. The number of nitrogens with two attached hydrogens (primary N) is 1. The Balaban J connectivity index is 3.00. The van der Waals surface area contributed by atoms with Crippen LogP contribution in [-0.4, -0.2) is 29.2 Å². The molecule has 4 nitrogen and oxygen atoms in total. The van der Waals surface area contributed by atoms with Gasteiger partial charge in [0.25, 0.3) is 5.91 Å². The Morgan fingerprint density at radius 1 is 1.32 bits per heavy atom. The van der Waals surface area contributed by atoms with E-state index < -0.39 is 0 Å². The van der Waals surface area contributed by atoms with Crippen molar-refractivity contribution in [3.8, 4) is 0 Å². The van der Waals surface area contributed by atoms with Gasteiger partial charge in [0.05, 0.1) is 17.7 Å². The minimum Gasteiger partial charge on any atom is -0.330 e. The van der Waals surface area contributed by atoms with E-state index >= 15 is 0 Å². The molecule has 1 unspecified atom stereocenters. The van der Waals surface area contributed by atoms with Gasteiger partial charge in [-0.2, -0.15) is 5.10 Å². The minimum atomic E-state index is -0.0656. The average molecular weight is 267 g/mol. The zero-order valence-electron chi connectivity index (χ0n) is 13.1. The third-order valence-corrected chi connectivity index (χ3v) is 3.82. The van der Waals surface area contributed by atoms with Crippen molar-refractivity contribution in [1.29, 1.82) is 0 Å². The van der Waals surface area contributed by atoms with Crippen molar-refractivity contribution in [3.63, 3.8) is 0 Å². The Morgan fingerprint density at radius 3 is 2.32 bits per heavy atom. The minimum absolute atomic E-state index is 0.0598. The lowest BCUT2D eigenvalue weighted by atomic mass is 9.80. The molecule has 0 bridgehead atoms. The van der Waals surface area contributed by atoms with Gasteiger partial charge in [-0.3, -0.25) is 4.79 Å². The molecule has 1 aliphatic rings. The van der Waals surface area contributed by atoms with Crippen LogP contribution in [0.2, 0.25) is 0 Å². The number of carbonyl (C=O) groups is 1. The zero-order valence-corrected chi connectivity index (χ0v) is 13.1. The molecule has 1 aliphatic heterocycles. The maximum Gasteiger partial charge on any atom is 0.251 e. The SMILES string of the molecule is CCC(CC)N1N=C(C(C)(C)C)C(CCCN)C1=O. The number of amides is 1. The van der Waals surface area contributed by atoms with E-state index in [1.807, 2.05) is 0 Å². The van der Waals surface area contributed by atoms with Crippen LogP contribution in [0.1, 0.15) is 60.3 Å². The fourth-order valence-electron chi connectivity index (χ4n) is 2.66. The predicted octanol–water partition coefficient (Wildman–Crippen LogP) is 2.77. The maximum absolute atomic E-state index is 12.6. The highest BCUT2D eigenvalue weighted by Gasteiger charge is 2.42. The highest BCUT2D eigenvalue weighted by atomic mass is 16.2. The van der Waals surface area contributed by atoms with Gasteiger partial charge in [-0.15, -0.1) is 0 Å². The summed E-state index contributed by atoms with van der Waals surface area (Å²) in [6.07, 6.45) is 3.60. The van der Waals surface area contributed by atoms with Gasteiger partial charge in [-0.1, -0.05) is 34.6 Å². The van der Waals surface area contributed by atoms with Gasteiger partial charge >= 0.3 is 0 Å². The van der Waals surface area contributed by atoms with Crippen molar-refractivity contribution in [2.75, 3.05) is 6.54 Å². The summed E-state index contributed by atoms with van der Waals surface area (Å²) in [5, 5.41) is 6.41. The first-order valence-corrected chi connectivity index (χ1v) is 7.48.